The molecule has 0 saturated heterocycles. The van der Waals surface area contributed by atoms with E-state index in [0.717, 1.165) is 19.3 Å². The highest BCUT2D eigenvalue weighted by Crippen LogP contribution is 2.56. The van der Waals surface area contributed by atoms with E-state index in [-0.39, 0.29) is 63.7 Å². The lowest BCUT2D eigenvalue weighted by Crippen LogP contribution is -2.53. The monoisotopic (exact) mass is 755 g/mol. The summed E-state index contributed by atoms with van der Waals surface area (Å²) in [5, 5.41) is 25.5. The zero-order valence-corrected chi connectivity index (χ0v) is 32.9. The summed E-state index contributed by atoms with van der Waals surface area (Å²) in [4.78, 5) is 41.7. The van der Waals surface area contributed by atoms with Crippen molar-refractivity contribution in [3.05, 3.63) is 51.7 Å². The molecule has 11 heteroatoms. The summed E-state index contributed by atoms with van der Waals surface area (Å²) in [5.74, 6) is -3.42. The van der Waals surface area contributed by atoms with Gasteiger partial charge in [-0.25, -0.2) is 0 Å². The quantitative estimate of drug-likeness (QED) is 0.100. The number of ether oxygens (including phenoxy) is 4. The lowest BCUT2D eigenvalue weighted by atomic mass is 9.69. The van der Waals surface area contributed by atoms with Crippen LogP contribution >= 0.6 is 11.6 Å². The Kier molecular flexibility index (Phi) is 15.7. The zero-order valence-electron chi connectivity index (χ0n) is 32.1. The van der Waals surface area contributed by atoms with Crippen molar-refractivity contribution in [3.8, 4) is 28.7 Å². The molecule has 4 rings (SSSR count). The summed E-state index contributed by atoms with van der Waals surface area (Å²) in [6, 6.07) is 5.96. The minimum atomic E-state index is -2.00. The van der Waals surface area contributed by atoms with Gasteiger partial charge in [0, 0.05) is 42.9 Å². The Balaban J connectivity index is 1.46. The summed E-state index contributed by atoms with van der Waals surface area (Å²) in [5.41, 5.74) is -1.66. The fraction of sp³-hybridized carbons (Fsp3) is 0.595. The number of allylic oxidation sites excluding steroid dienone is 1. The van der Waals surface area contributed by atoms with Gasteiger partial charge in [0.1, 0.15) is 22.1 Å². The molecule has 0 fully saturated rings. The molecule has 292 valence electrons. The molecule has 3 atom stereocenters. The number of ketones is 2. The van der Waals surface area contributed by atoms with E-state index in [1.54, 1.807) is 13.0 Å². The third-order valence-electron chi connectivity index (χ3n) is 10.7. The number of aliphatic hydroxyl groups is 1. The number of carbonyl (C=O) groups is 3. The van der Waals surface area contributed by atoms with Crippen molar-refractivity contribution in [2.24, 2.45) is 5.92 Å². The number of unbranched alkanes of at least 4 members (excludes halogenated alkanes) is 13. The van der Waals surface area contributed by atoms with Gasteiger partial charge in [-0.1, -0.05) is 115 Å². The van der Waals surface area contributed by atoms with Gasteiger partial charge < -0.3 is 34.5 Å². The molecule has 1 amide bonds. The summed E-state index contributed by atoms with van der Waals surface area (Å²) in [6.07, 6.45) is 16.9. The van der Waals surface area contributed by atoms with Gasteiger partial charge in [-0.05, 0) is 24.1 Å². The maximum absolute atomic E-state index is 14.3. The number of methoxy groups -OCH3 is 3. The van der Waals surface area contributed by atoms with Crippen molar-refractivity contribution in [2.45, 2.75) is 128 Å². The molecule has 2 aromatic rings. The van der Waals surface area contributed by atoms with Crippen LogP contribution < -0.4 is 24.3 Å². The number of aromatic hydroxyl groups is 1. The average Bonchev–Trinajstić information content (AvgIpc) is 3.46. The van der Waals surface area contributed by atoms with Crippen molar-refractivity contribution in [1.29, 1.82) is 0 Å². The van der Waals surface area contributed by atoms with E-state index in [1.165, 1.54) is 110 Å². The van der Waals surface area contributed by atoms with Gasteiger partial charge >= 0.3 is 0 Å². The molecule has 1 aliphatic heterocycles. The first kappa shape index (κ1) is 41.8. The second-order valence-electron chi connectivity index (χ2n) is 14.4. The number of Topliss-reactive ketones (excluding diaryl/α,β-unsaturated/α-hetero) is 2. The van der Waals surface area contributed by atoms with Crippen molar-refractivity contribution in [1.82, 2.24) is 5.32 Å². The van der Waals surface area contributed by atoms with Crippen LogP contribution in [-0.4, -0.2) is 61.2 Å². The molecule has 10 nitrogen and oxygen atoms in total. The predicted molar refractivity (Wildman–Crippen MR) is 206 cm³/mol. The van der Waals surface area contributed by atoms with Crippen LogP contribution in [0.15, 0.2) is 35.6 Å². The van der Waals surface area contributed by atoms with Gasteiger partial charge in [-0.2, -0.15) is 0 Å². The first-order chi connectivity index (χ1) is 25.5. The molecule has 0 bridgehead atoms. The number of nitrogens with one attached hydrogen (secondary N) is 1. The van der Waals surface area contributed by atoms with E-state index in [1.807, 2.05) is 0 Å². The fourth-order valence-corrected chi connectivity index (χ4v) is 7.91. The van der Waals surface area contributed by atoms with Crippen LogP contribution in [0.3, 0.4) is 0 Å². The van der Waals surface area contributed by atoms with Gasteiger partial charge in [0.25, 0.3) is 0 Å². The summed E-state index contributed by atoms with van der Waals surface area (Å²) in [6.45, 7) is 4.37. The van der Waals surface area contributed by atoms with Gasteiger partial charge in [0.05, 0.1) is 21.3 Å². The molecule has 0 saturated carbocycles. The molecule has 1 unspecified atom stereocenters. The van der Waals surface area contributed by atoms with Crippen LogP contribution in [0.2, 0.25) is 5.02 Å². The molecule has 0 aromatic heterocycles. The predicted octanol–water partition coefficient (Wildman–Crippen LogP) is 9.58. The van der Waals surface area contributed by atoms with Gasteiger partial charge in [0.2, 0.25) is 17.3 Å². The maximum atomic E-state index is 14.3. The third kappa shape index (κ3) is 9.61. The number of phenolic OH excluding ortho intramolecular Hbond substituents is 1. The number of hydrogen-bond acceptors (Lipinski definition) is 9. The van der Waals surface area contributed by atoms with E-state index in [2.05, 4.69) is 12.2 Å². The van der Waals surface area contributed by atoms with Crippen LogP contribution in [0.25, 0.3) is 0 Å². The van der Waals surface area contributed by atoms with E-state index in [4.69, 9.17) is 30.5 Å². The standard InChI is InChI=1S/C42H58ClNO9/c1-6-7-8-9-10-11-12-13-14-15-16-17-18-19-22-44-35(47)25-29(28-20-21-30(45)32(24-28)50-3)36-31(46)23-27(2)42(40(36)48)41(49)37-33(51-4)26-34(52-5)38(43)39(37)53-42/h20-21,24,26-27,29,45,48H,6-19,22-23,25H2,1-5H3,(H,44,47)/t27-,29?,42+/m1/s1. The number of hydrogen-bond donors (Lipinski definition) is 3. The summed E-state index contributed by atoms with van der Waals surface area (Å²) >= 11 is 6.61. The van der Waals surface area contributed by atoms with Crippen LogP contribution in [0.1, 0.15) is 138 Å². The fourth-order valence-electron chi connectivity index (χ4n) is 7.64. The second-order valence-corrected chi connectivity index (χ2v) is 14.8. The third-order valence-corrected chi connectivity index (χ3v) is 11.1. The second kappa shape index (κ2) is 20.0. The minimum absolute atomic E-state index is 0.0197. The Morgan fingerprint density at radius 1 is 0.868 bits per heavy atom. The molecule has 0 radical (unpaired) electrons. The molecule has 2 aromatic carbocycles. The highest BCUT2D eigenvalue weighted by Gasteiger charge is 2.61. The smallest absolute Gasteiger partial charge is 0.231 e. The maximum Gasteiger partial charge on any atom is 0.231 e. The Labute approximate surface area is 319 Å². The Morgan fingerprint density at radius 3 is 2.00 bits per heavy atom. The molecular formula is C42H58ClNO9. The lowest BCUT2D eigenvalue weighted by Gasteiger charge is -2.38. The number of phenols is 1. The summed E-state index contributed by atoms with van der Waals surface area (Å²) < 4.78 is 22.5. The van der Waals surface area contributed by atoms with Gasteiger partial charge in [0.15, 0.2) is 28.8 Å². The number of halogens is 1. The summed E-state index contributed by atoms with van der Waals surface area (Å²) in [7, 11) is 4.20. The molecule has 1 spiro atoms. The molecule has 2 aliphatic rings. The van der Waals surface area contributed by atoms with Crippen LogP contribution in [0.4, 0.5) is 0 Å². The lowest BCUT2D eigenvalue weighted by molar-refractivity contribution is -0.121. The Hall–Kier alpha value is -3.92. The van der Waals surface area contributed by atoms with E-state index >= 15 is 0 Å². The van der Waals surface area contributed by atoms with Gasteiger partial charge in [-0.15, -0.1) is 0 Å². The highest BCUT2D eigenvalue weighted by molar-refractivity contribution is 6.35. The van der Waals surface area contributed by atoms with E-state index in [9.17, 15) is 24.6 Å². The highest BCUT2D eigenvalue weighted by atomic mass is 35.5. The minimum Gasteiger partial charge on any atom is -0.507 e. The van der Waals surface area contributed by atoms with Crippen LogP contribution in [-0.2, 0) is 9.59 Å². The first-order valence-electron chi connectivity index (χ1n) is 19.3. The molecule has 53 heavy (non-hydrogen) atoms. The zero-order chi connectivity index (χ0) is 38.5. The normalized spacial score (nSPS) is 18.6. The van der Waals surface area contributed by atoms with Crippen LogP contribution in [0.5, 0.6) is 28.7 Å². The van der Waals surface area contributed by atoms with Crippen molar-refractivity contribution >= 4 is 29.1 Å². The average molecular weight is 756 g/mol. The van der Waals surface area contributed by atoms with Gasteiger partial charge in [-0.3, -0.25) is 14.4 Å². The topological polar surface area (TPSA) is 141 Å². The van der Waals surface area contributed by atoms with E-state index < -0.39 is 34.8 Å². The largest absolute Gasteiger partial charge is 0.507 e. The number of carbonyl (C=O) groups excluding carboxylic acids is 3. The SMILES string of the molecule is CCCCCCCCCCCCCCCCNC(=O)CC(C1=C(O)[C@@]2(Oc3c(Cl)c(OC)cc(OC)c3C2=O)[C@H](C)CC1=O)c1ccc(O)c(OC)c1. The Morgan fingerprint density at radius 2 is 1.43 bits per heavy atom. The van der Waals surface area contributed by atoms with Crippen molar-refractivity contribution in [2.75, 3.05) is 27.9 Å². The number of rotatable bonds is 22. The van der Waals surface area contributed by atoms with Crippen molar-refractivity contribution in [3.63, 3.8) is 0 Å². The number of aliphatic hydroxyl groups excluding tert-OH is 1. The number of fused-ring (bicyclic) bond motifs is 1. The Bertz CT molecular complexity index is 1620. The molecule has 3 N–H and O–H groups in total. The van der Waals surface area contributed by atoms with E-state index in [0.29, 0.717) is 12.1 Å². The number of benzene rings is 2. The van der Waals surface area contributed by atoms with Crippen molar-refractivity contribution < 1.29 is 43.5 Å². The molecule has 1 heterocycles. The molecule has 1 aliphatic carbocycles. The number of amides is 1. The van der Waals surface area contributed by atoms with Crippen LogP contribution in [0, 0.1) is 5.92 Å². The molecular weight excluding hydrogens is 698 g/mol. The first-order valence-corrected chi connectivity index (χ1v) is 19.7.